The molecular formula is C17H22N6. The molecule has 1 unspecified atom stereocenters. The van der Waals surface area contributed by atoms with Crippen LogP contribution >= 0.6 is 0 Å². The SMILES string of the molecule is CCn1c(-c2c(C)nc3ccccn23)nnc1N1CCCC1C. The molecule has 23 heavy (non-hydrogen) atoms. The van der Waals surface area contributed by atoms with E-state index in [1.165, 1.54) is 12.8 Å². The second kappa shape index (κ2) is 5.37. The Hall–Kier alpha value is -2.37. The molecule has 0 amide bonds. The van der Waals surface area contributed by atoms with Crippen LogP contribution < -0.4 is 4.90 Å². The molecule has 6 heteroatoms. The average Bonchev–Trinajstić information content (AvgIpc) is 3.22. The summed E-state index contributed by atoms with van der Waals surface area (Å²) < 4.78 is 4.31. The third-order valence-electron chi connectivity index (χ3n) is 4.77. The Morgan fingerprint density at radius 3 is 2.87 bits per heavy atom. The van der Waals surface area contributed by atoms with Gasteiger partial charge < -0.3 is 4.90 Å². The van der Waals surface area contributed by atoms with Gasteiger partial charge in [0, 0.05) is 25.3 Å². The van der Waals surface area contributed by atoms with Gasteiger partial charge in [-0.1, -0.05) is 6.07 Å². The van der Waals surface area contributed by atoms with Gasteiger partial charge in [0.2, 0.25) is 5.95 Å². The lowest BCUT2D eigenvalue weighted by atomic mass is 10.2. The van der Waals surface area contributed by atoms with Crippen molar-refractivity contribution >= 4 is 11.6 Å². The first kappa shape index (κ1) is 14.2. The lowest BCUT2D eigenvalue weighted by molar-refractivity contribution is 0.674. The molecule has 0 spiro atoms. The number of hydrogen-bond donors (Lipinski definition) is 0. The fourth-order valence-electron chi connectivity index (χ4n) is 3.59. The highest BCUT2D eigenvalue weighted by Crippen LogP contribution is 2.29. The minimum atomic E-state index is 0.528. The second-order valence-electron chi connectivity index (χ2n) is 6.23. The van der Waals surface area contributed by atoms with E-state index in [9.17, 15) is 0 Å². The van der Waals surface area contributed by atoms with Gasteiger partial charge in [0.15, 0.2) is 5.82 Å². The Morgan fingerprint density at radius 1 is 1.26 bits per heavy atom. The normalized spacial score (nSPS) is 18.2. The quantitative estimate of drug-likeness (QED) is 0.746. The number of imidazole rings is 1. The predicted molar refractivity (Wildman–Crippen MR) is 90.7 cm³/mol. The van der Waals surface area contributed by atoms with Crippen molar-refractivity contribution in [1.29, 1.82) is 0 Å². The van der Waals surface area contributed by atoms with E-state index in [1.807, 2.05) is 31.3 Å². The lowest BCUT2D eigenvalue weighted by Gasteiger charge is -2.22. The zero-order chi connectivity index (χ0) is 16.0. The van der Waals surface area contributed by atoms with Crippen molar-refractivity contribution in [3.63, 3.8) is 0 Å². The molecule has 3 aromatic heterocycles. The third kappa shape index (κ3) is 2.12. The van der Waals surface area contributed by atoms with E-state index in [2.05, 4.69) is 42.9 Å². The zero-order valence-corrected chi connectivity index (χ0v) is 13.9. The molecule has 4 heterocycles. The van der Waals surface area contributed by atoms with Crippen molar-refractivity contribution in [1.82, 2.24) is 24.1 Å². The van der Waals surface area contributed by atoms with Gasteiger partial charge in [0.25, 0.3) is 0 Å². The van der Waals surface area contributed by atoms with Gasteiger partial charge in [-0.2, -0.15) is 0 Å². The minimum Gasteiger partial charge on any atom is -0.338 e. The molecule has 120 valence electrons. The van der Waals surface area contributed by atoms with Gasteiger partial charge in [0.1, 0.15) is 11.3 Å². The van der Waals surface area contributed by atoms with Crippen LogP contribution in [-0.2, 0) is 6.54 Å². The number of rotatable bonds is 3. The van der Waals surface area contributed by atoms with Crippen LogP contribution in [0.5, 0.6) is 0 Å². The summed E-state index contributed by atoms with van der Waals surface area (Å²) >= 11 is 0. The number of fused-ring (bicyclic) bond motifs is 1. The molecule has 0 aliphatic carbocycles. The Balaban J connectivity index is 1.89. The molecular weight excluding hydrogens is 288 g/mol. The highest BCUT2D eigenvalue weighted by Gasteiger charge is 2.27. The molecule has 0 N–H and O–H groups in total. The van der Waals surface area contributed by atoms with E-state index in [1.54, 1.807) is 0 Å². The third-order valence-corrected chi connectivity index (χ3v) is 4.77. The van der Waals surface area contributed by atoms with Crippen LogP contribution in [0.15, 0.2) is 24.4 Å². The molecule has 4 rings (SSSR count). The number of pyridine rings is 1. The standard InChI is InChI=1S/C17H22N6/c1-4-21-16(19-20-17(21)22-11-7-8-12(22)2)15-13(3)18-14-9-5-6-10-23(14)15/h5-6,9-10,12H,4,7-8,11H2,1-3H3. The summed E-state index contributed by atoms with van der Waals surface area (Å²) in [4.78, 5) is 7.03. The van der Waals surface area contributed by atoms with Gasteiger partial charge in [-0.05, 0) is 45.7 Å². The van der Waals surface area contributed by atoms with Crippen LogP contribution in [0.3, 0.4) is 0 Å². The number of aromatic nitrogens is 5. The van der Waals surface area contributed by atoms with Crippen molar-refractivity contribution in [3.8, 4) is 11.5 Å². The number of hydrogen-bond acceptors (Lipinski definition) is 4. The summed E-state index contributed by atoms with van der Waals surface area (Å²) in [6, 6.07) is 6.58. The van der Waals surface area contributed by atoms with E-state index >= 15 is 0 Å². The monoisotopic (exact) mass is 310 g/mol. The highest BCUT2D eigenvalue weighted by atomic mass is 15.4. The van der Waals surface area contributed by atoms with Crippen LogP contribution in [0.25, 0.3) is 17.2 Å². The molecule has 1 saturated heterocycles. The van der Waals surface area contributed by atoms with E-state index in [0.29, 0.717) is 6.04 Å². The number of anilines is 1. The summed E-state index contributed by atoms with van der Waals surface area (Å²) in [5.74, 6) is 1.88. The first-order chi connectivity index (χ1) is 11.2. The maximum Gasteiger partial charge on any atom is 0.227 e. The molecule has 1 atom stereocenters. The van der Waals surface area contributed by atoms with Crippen molar-refractivity contribution in [2.24, 2.45) is 0 Å². The number of aryl methyl sites for hydroxylation is 1. The number of nitrogens with zero attached hydrogens (tertiary/aromatic N) is 6. The van der Waals surface area contributed by atoms with Crippen LogP contribution in [0.1, 0.15) is 32.4 Å². The molecule has 0 aromatic carbocycles. The van der Waals surface area contributed by atoms with Crippen molar-refractivity contribution < 1.29 is 0 Å². The predicted octanol–water partition coefficient (Wildman–Crippen LogP) is 2.91. The van der Waals surface area contributed by atoms with Gasteiger partial charge in [-0.15, -0.1) is 10.2 Å². The average molecular weight is 310 g/mol. The maximum atomic E-state index is 4.65. The van der Waals surface area contributed by atoms with Crippen LogP contribution in [-0.4, -0.2) is 36.7 Å². The van der Waals surface area contributed by atoms with Crippen LogP contribution in [0.4, 0.5) is 5.95 Å². The van der Waals surface area contributed by atoms with E-state index in [-0.39, 0.29) is 0 Å². The molecule has 6 nitrogen and oxygen atoms in total. The summed E-state index contributed by atoms with van der Waals surface area (Å²) in [6.45, 7) is 8.36. The summed E-state index contributed by atoms with van der Waals surface area (Å²) in [6.07, 6.45) is 4.49. The fourth-order valence-corrected chi connectivity index (χ4v) is 3.59. The first-order valence-electron chi connectivity index (χ1n) is 8.34. The van der Waals surface area contributed by atoms with Gasteiger partial charge in [-0.25, -0.2) is 4.98 Å². The van der Waals surface area contributed by atoms with Crippen molar-refractivity contribution in [3.05, 3.63) is 30.1 Å². The molecule has 3 aromatic rings. The maximum absolute atomic E-state index is 4.65. The van der Waals surface area contributed by atoms with Crippen LogP contribution in [0.2, 0.25) is 0 Å². The molecule has 0 saturated carbocycles. The Kier molecular flexibility index (Phi) is 3.32. The van der Waals surface area contributed by atoms with Gasteiger partial charge >= 0.3 is 0 Å². The van der Waals surface area contributed by atoms with Gasteiger partial charge in [-0.3, -0.25) is 8.97 Å². The smallest absolute Gasteiger partial charge is 0.227 e. The Labute approximate surface area is 135 Å². The fraction of sp³-hybridized carbons (Fsp3) is 0.471. The first-order valence-corrected chi connectivity index (χ1v) is 8.34. The molecule has 1 fully saturated rings. The lowest BCUT2D eigenvalue weighted by Crippen LogP contribution is -2.29. The molecule has 1 aliphatic rings. The minimum absolute atomic E-state index is 0.528. The molecule has 0 radical (unpaired) electrons. The summed E-state index contributed by atoms with van der Waals surface area (Å²) in [7, 11) is 0. The Bertz CT molecular complexity index is 846. The van der Waals surface area contributed by atoms with E-state index in [4.69, 9.17) is 0 Å². The molecule has 0 bridgehead atoms. The van der Waals surface area contributed by atoms with E-state index in [0.717, 1.165) is 41.9 Å². The summed E-state index contributed by atoms with van der Waals surface area (Å²) in [5.41, 5.74) is 2.97. The Morgan fingerprint density at radius 2 is 2.13 bits per heavy atom. The van der Waals surface area contributed by atoms with Crippen LogP contribution in [0, 0.1) is 6.92 Å². The largest absolute Gasteiger partial charge is 0.338 e. The topological polar surface area (TPSA) is 51.3 Å². The van der Waals surface area contributed by atoms with Gasteiger partial charge in [0.05, 0.1) is 5.69 Å². The zero-order valence-electron chi connectivity index (χ0n) is 13.9. The van der Waals surface area contributed by atoms with Crippen molar-refractivity contribution in [2.75, 3.05) is 11.4 Å². The summed E-state index contributed by atoms with van der Waals surface area (Å²) in [5, 5.41) is 9.05. The second-order valence-corrected chi connectivity index (χ2v) is 6.23. The molecule has 1 aliphatic heterocycles. The van der Waals surface area contributed by atoms with E-state index < -0.39 is 0 Å². The highest BCUT2D eigenvalue weighted by molar-refractivity contribution is 5.63. The van der Waals surface area contributed by atoms with Crippen molar-refractivity contribution in [2.45, 2.75) is 46.2 Å².